The van der Waals surface area contributed by atoms with Crippen LogP contribution in [-0.4, -0.2) is 25.7 Å². The van der Waals surface area contributed by atoms with Gasteiger partial charge in [-0.3, -0.25) is 0 Å². The van der Waals surface area contributed by atoms with E-state index in [0.29, 0.717) is 6.04 Å². The number of hydrogen-bond acceptors (Lipinski definition) is 2. The second-order valence-electron chi connectivity index (χ2n) is 5.16. The summed E-state index contributed by atoms with van der Waals surface area (Å²) >= 11 is 0. The highest BCUT2D eigenvalue weighted by Gasteiger charge is 2.12. The molecule has 0 spiro atoms. The summed E-state index contributed by atoms with van der Waals surface area (Å²) < 4.78 is 0. The van der Waals surface area contributed by atoms with Gasteiger partial charge in [-0.1, -0.05) is 42.5 Å². The Bertz CT molecular complexity index is 353. The second kappa shape index (κ2) is 7.34. The molecule has 1 heterocycles. The molecule has 0 saturated carbocycles. The van der Waals surface area contributed by atoms with Crippen molar-refractivity contribution < 1.29 is 0 Å². The summed E-state index contributed by atoms with van der Waals surface area (Å²) in [5.74, 6) is 0.846. The van der Waals surface area contributed by atoms with Crippen molar-refractivity contribution in [3.05, 3.63) is 42.0 Å². The number of nitrogens with one attached hydrogen (secondary N) is 2. The van der Waals surface area contributed by atoms with Gasteiger partial charge in [-0.05, 0) is 50.9 Å². The van der Waals surface area contributed by atoms with E-state index in [4.69, 9.17) is 0 Å². The van der Waals surface area contributed by atoms with Crippen LogP contribution in [0.1, 0.15) is 25.3 Å². The molecule has 1 aliphatic rings. The van der Waals surface area contributed by atoms with E-state index >= 15 is 0 Å². The molecular formula is C16H24N2. The molecule has 1 saturated heterocycles. The molecule has 2 rings (SSSR count). The van der Waals surface area contributed by atoms with Gasteiger partial charge in [0.2, 0.25) is 0 Å². The minimum Gasteiger partial charge on any atom is -0.317 e. The maximum atomic E-state index is 3.61. The Morgan fingerprint density at radius 2 is 2.00 bits per heavy atom. The highest BCUT2D eigenvalue weighted by atomic mass is 14.9. The highest BCUT2D eigenvalue weighted by molar-refractivity contribution is 5.49. The fourth-order valence-corrected chi connectivity index (χ4v) is 2.33. The lowest BCUT2D eigenvalue weighted by molar-refractivity contribution is 0.352. The molecule has 2 nitrogen and oxygen atoms in total. The van der Waals surface area contributed by atoms with E-state index in [1.54, 1.807) is 0 Å². The molecule has 0 bridgehead atoms. The van der Waals surface area contributed by atoms with Crippen molar-refractivity contribution in [3.8, 4) is 0 Å². The Labute approximate surface area is 110 Å². The zero-order valence-electron chi connectivity index (χ0n) is 11.2. The topological polar surface area (TPSA) is 24.1 Å². The van der Waals surface area contributed by atoms with Gasteiger partial charge in [0, 0.05) is 6.04 Å². The van der Waals surface area contributed by atoms with E-state index in [1.165, 1.54) is 31.5 Å². The summed E-state index contributed by atoms with van der Waals surface area (Å²) in [6.07, 6.45) is 7.06. The first-order valence-corrected chi connectivity index (χ1v) is 7.02. The molecule has 1 aromatic rings. The zero-order chi connectivity index (χ0) is 12.6. The maximum absolute atomic E-state index is 3.61. The third-order valence-electron chi connectivity index (χ3n) is 3.56. The SMILES string of the molecule is CC(/C=C/c1ccccc1)NCC1CCNCC1. The van der Waals surface area contributed by atoms with Gasteiger partial charge in [-0.25, -0.2) is 0 Å². The van der Waals surface area contributed by atoms with Crippen LogP contribution in [0.4, 0.5) is 0 Å². The average Bonchev–Trinajstić information content (AvgIpc) is 2.45. The fourth-order valence-electron chi connectivity index (χ4n) is 2.33. The molecule has 0 radical (unpaired) electrons. The maximum Gasteiger partial charge on any atom is 0.0225 e. The van der Waals surface area contributed by atoms with Crippen molar-refractivity contribution in [1.82, 2.24) is 10.6 Å². The summed E-state index contributed by atoms with van der Waals surface area (Å²) in [5.41, 5.74) is 1.27. The van der Waals surface area contributed by atoms with E-state index < -0.39 is 0 Å². The predicted octanol–water partition coefficient (Wildman–Crippen LogP) is 2.68. The quantitative estimate of drug-likeness (QED) is 0.832. The third-order valence-corrected chi connectivity index (χ3v) is 3.56. The zero-order valence-corrected chi connectivity index (χ0v) is 11.2. The van der Waals surface area contributed by atoms with E-state index in [0.717, 1.165) is 12.5 Å². The van der Waals surface area contributed by atoms with Crippen LogP contribution in [0, 0.1) is 5.92 Å². The Morgan fingerprint density at radius 3 is 2.72 bits per heavy atom. The standard InChI is InChI=1S/C16H24N2/c1-14(7-8-15-5-3-2-4-6-15)18-13-16-9-11-17-12-10-16/h2-8,14,16-18H,9-13H2,1H3/b8-7+. The summed E-state index contributed by atoms with van der Waals surface area (Å²) in [6.45, 7) is 5.73. The normalized spacial score (nSPS) is 19.2. The van der Waals surface area contributed by atoms with Crippen molar-refractivity contribution in [2.45, 2.75) is 25.8 Å². The van der Waals surface area contributed by atoms with Crippen molar-refractivity contribution in [2.24, 2.45) is 5.92 Å². The van der Waals surface area contributed by atoms with Crippen molar-refractivity contribution in [1.29, 1.82) is 0 Å². The molecule has 98 valence electrons. The molecule has 1 aromatic carbocycles. The Morgan fingerprint density at radius 1 is 1.28 bits per heavy atom. The smallest absolute Gasteiger partial charge is 0.0225 e. The van der Waals surface area contributed by atoms with Gasteiger partial charge in [0.05, 0.1) is 0 Å². The van der Waals surface area contributed by atoms with Crippen LogP contribution in [0.15, 0.2) is 36.4 Å². The number of rotatable bonds is 5. The third kappa shape index (κ3) is 4.63. The van der Waals surface area contributed by atoms with Crippen molar-refractivity contribution in [3.63, 3.8) is 0 Å². The van der Waals surface area contributed by atoms with E-state index in [9.17, 15) is 0 Å². The Balaban J connectivity index is 1.71. The summed E-state index contributed by atoms with van der Waals surface area (Å²) in [6, 6.07) is 10.9. The molecule has 1 atom stereocenters. The molecule has 1 fully saturated rings. The lowest BCUT2D eigenvalue weighted by Crippen LogP contribution is -2.36. The average molecular weight is 244 g/mol. The van der Waals surface area contributed by atoms with Gasteiger partial charge in [0.15, 0.2) is 0 Å². The van der Waals surface area contributed by atoms with Gasteiger partial charge in [-0.15, -0.1) is 0 Å². The van der Waals surface area contributed by atoms with Crippen LogP contribution in [0.3, 0.4) is 0 Å². The molecule has 0 aliphatic carbocycles. The Kier molecular flexibility index (Phi) is 5.43. The van der Waals surface area contributed by atoms with Crippen LogP contribution in [0.5, 0.6) is 0 Å². The summed E-state index contributed by atoms with van der Waals surface area (Å²) in [5, 5.41) is 7.02. The van der Waals surface area contributed by atoms with Gasteiger partial charge in [-0.2, -0.15) is 0 Å². The van der Waals surface area contributed by atoms with Crippen LogP contribution in [-0.2, 0) is 0 Å². The highest BCUT2D eigenvalue weighted by Crippen LogP contribution is 2.10. The van der Waals surface area contributed by atoms with Gasteiger partial charge in [0.1, 0.15) is 0 Å². The lowest BCUT2D eigenvalue weighted by Gasteiger charge is -2.24. The van der Waals surface area contributed by atoms with E-state index in [1.807, 2.05) is 0 Å². The lowest BCUT2D eigenvalue weighted by atomic mass is 9.98. The summed E-state index contributed by atoms with van der Waals surface area (Å²) in [4.78, 5) is 0. The molecule has 0 aromatic heterocycles. The minimum atomic E-state index is 0.445. The number of benzene rings is 1. The number of piperidine rings is 1. The van der Waals surface area contributed by atoms with E-state index in [-0.39, 0.29) is 0 Å². The van der Waals surface area contributed by atoms with Crippen LogP contribution >= 0.6 is 0 Å². The molecule has 1 unspecified atom stereocenters. The molecule has 2 heteroatoms. The molecule has 1 aliphatic heterocycles. The first-order valence-electron chi connectivity index (χ1n) is 7.02. The molecule has 2 N–H and O–H groups in total. The van der Waals surface area contributed by atoms with Crippen LogP contribution in [0.25, 0.3) is 6.08 Å². The summed E-state index contributed by atoms with van der Waals surface area (Å²) in [7, 11) is 0. The monoisotopic (exact) mass is 244 g/mol. The molecular weight excluding hydrogens is 220 g/mol. The van der Waals surface area contributed by atoms with Crippen LogP contribution < -0.4 is 10.6 Å². The number of hydrogen-bond donors (Lipinski definition) is 2. The second-order valence-corrected chi connectivity index (χ2v) is 5.16. The largest absolute Gasteiger partial charge is 0.317 e. The fraction of sp³-hybridized carbons (Fsp3) is 0.500. The van der Waals surface area contributed by atoms with Gasteiger partial charge in [0.25, 0.3) is 0 Å². The molecule has 18 heavy (non-hydrogen) atoms. The molecule has 0 amide bonds. The predicted molar refractivity (Wildman–Crippen MR) is 78.5 cm³/mol. The first kappa shape index (κ1) is 13.3. The van der Waals surface area contributed by atoms with Crippen molar-refractivity contribution >= 4 is 6.08 Å². The van der Waals surface area contributed by atoms with Gasteiger partial charge >= 0.3 is 0 Å². The van der Waals surface area contributed by atoms with Crippen LogP contribution in [0.2, 0.25) is 0 Å². The van der Waals surface area contributed by atoms with Crippen molar-refractivity contribution in [2.75, 3.05) is 19.6 Å². The van der Waals surface area contributed by atoms with Gasteiger partial charge < -0.3 is 10.6 Å². The first-order chi connectivity index (χ1) is 8.84. The minimum absolute atomic E-state index is 0.445. The van der Waals surface area contributed by atoms with E-state index in [2.05, 4.69) is 60.0 Å². The Hall–Kier alpha value is -1.12.